The van der Waals surface area contributed by atoms with Gasteiger partial charge in [0, 0.05) is 0 Å². The summed E-state index contributed by atoms with van der Waals surface area (Å²) in [7, 11) is -4.00. The number of rotatable bonds is 5. The number of carboxylic acid groups (broad SMARTS) is 1. The minimum Gasteiger partial charge on any atom is -0.480 e. The first-order valence-corrected chi connectivity index (χ1v) is 7.63. The number of hydrogen-bond acceptors (Lipinski definition) is 4. The van der Waals surface area contributed by atoms with Crippen LogP contribution in [0.5, 0.6) is 0 Å². The van der Waals surface area contributed by atoms with Gasteiger partial charge in [0.25, 0.3) is 0 Å². The predicted molar refractivity (Wildman–Crippen MR) is 75.2 cm³/mol. The number of aromatic nitrogens is 2. The van der Waals surface area contributed by atoms with E-state index in [9.17, 15) is 18.3 Å². The number of benzene rings is 1. The summed E-state index contributed by atoms with van der Waals surface area (Å²) in [6.45, 7) is 3.10. The molecule has 2 rings (SSSR count). The summed E-state index contributed by atoms with van der Waals surface area (Å²) < 4.78 is 27.0. The lowest BCUT2D eigenvalue weighted by Crippen LogP contribution is -2.34. The molecule has 0 aliphatic carbocycles. The summed E-state index contributed by atoms with van der Waals surface area (Å²) >= 11 is 0. The van der Waals surface area contributed by atoms with Crippen LogP contribution >= 0.6 is 0 Å². The number of nitrogens with zero attached hydrogens (tertiary/aromatic N) is 1. The van der Waals surface area contributed by atoms with Gasteiger partial charge in [-0.2, -0.15) is 9.82 Å². The Balaban J connectivity index is 2.40. The van der Waals surface area contributed by atoms with Crippen LogP contribution in [0.15, 0.2) is 35.2 Å². The van der Waals surface area contributed by atoms with E-state index >= 15 is 0 Å². The fourth-order valence-electron chi connectivity index (χ4n) is 2.06. The maximum Gasteiger partial charge on any atom is 0.326 e. The third-order valence-electron chi connectivity index (χ3n) is 2.98. The molecule has 0 unspecified atom stereocenters. The molecule has 1 aromatic heterocycles. The first-order chi connectivity index (χ1) is 9.83. The molecule has 0 aliphatic heterocycles. The zero-order valence-corrected chi connectivity index (χ0v) is 12.3. The number of hydrogen-bond donors (Lipinski definition) is 3. The highest BCUT2D eigenvalue weighted by Crippen LogP contribution is 2.21. The lowest BCUT2D eigenvalue weighted by molar-refractivity contribution is -0.139. The summed E-state index contributed by atoms with van der Waals surface area (Å²) in [6, 6.07) is 6.76. The summed E-state index contributed by atoms with van der Waals surface area (Å²) in [5.74, 6) is -1.27. The molecule has 3 N–H and O–H groups in total. The molecule has 0 aliphatic rings. The summed E-state index contributed by atoms with van der Waals surface area (Å²) in [6.07, 6.45) is 0. The van der Waals surface area contributed by atoms with Gasteiger partial charge in [0.05, 0.1) is 11.4 Å². The molecule has 1 heterocycles. The van der Waals surface area contributed by atoms with Crippen LogP contribution in [0.4, 0.5) is 0 Å². The van der Waals surface area contributed by atoms with Gasteiger partial charge >= 0.3 is 5.97 Å². The fraction of sp³-hybridized carbons (Fsp3) is 0.231. The highest BCUT2D eigenvalue weighted by atomic mass is 32.2. The van der Waals surface area contributed by atoms with Gasteiger partial charge in [-0.05, 0) is 19.4 Å². The van der Waals surface area contributed by atoms with Crippen molar-refractivity contribution < 1.29 is 18.3 Å². The van der Waals surface area contributed by atoms with E-state index in [1.165, 1.54) is 6.92 Å². The molecule has 0 saturated carbocycles. The molecule has 112 valence electrons. The predicted octanol–water partition coefficient (Wildman–Crippen LogP) is 1.13. The highest BCUT2D eigenvalue weighted by Gasteiger charge is 2.30. The van der Waals surface area contributed by atoms with Crippen LogP contribution < -0.4 is 4.72 Å². The number of carbonyl (C=O) groups is 1. The Labute approximate surface area is 122 Å². The second-order valence-corrected chi connectivity index (χ2v) is 6.22. The summed E-state index contributed by atoms with van der Waals surface area (Å²) in [5, 5.41) is 15.7. The molecule has 0 spiro atoms. The molecule has 0 fully saturated rings. The maximum atomic E-state index is 12.4. The van der Waals surface area contributed by atoms with Crippen molar-refractivity contribution in [3.63, 3.8) is 0 Å². The smallest absolute Gasteiger partial charge is 0.326 e. The second kappa shape index (κ2) is 5.66. The van der Waals surface area contributed by atoms with Gasteiger partial charge in [0.1, 0.15) is 10.9 Å². The van der Waals surface area contributed by atoms with Crippen molar-refractivity contribution in [2.24, 2.45) is 0 Å². The Kier molecular flexibility index (Phi) is 4.10. The van der Waals surface area contributed by atoms with E-state index in [4.69, 9.17) is 0 Å². The van der Waals surface area contributed by atoms with Crippen molar-refractivity contribution in [2.75, 3.05) is 0 Å². The SMILES string of the molecule is Cc1n[nH]c(C)c1S(=O)(=O)N[C@H](C(=O)O)c1ccccc1. The van der Waals surface area contributed by atoms with E-state index in [0.29, 0.717) is 11.3 Å². The highest BCUT2D eigenvalue weighted by molar-refractivity contribution is 7.89. The van der Waals surface area contributed by atoms with Crippen molar-refractivity contribution in [2.45, 2.75) is 24.8 Å². The van der Waals surface area contributed by atoms with Gasteiger partial charge in [-0.3, -0.25) is 9.89 Å². The third-order valence-corrected chi connectivity index (χ3v) is 4.67. The quantitative estimate of drug-likeness (QED) is 0.766. The number of H-pyrrole nitrogens is 1. The molecule has 0 saturated heterocycles. The summed E-state index contributed by atoms with van der Waals surface area (Å²) in [4.78, 5) is 11.3. The largest absolute Gasteiger partial charge is 0.480 e. The van der Waals surface area contributed by atoms with Crippen LogP contribution in [-0.4, -0.2) is 29.7 Å². The number of aliphatic carboxylic acids is 1. The number of nitrogens with one attached hydrogen (secondary N) is 2. The average molecular weight is 309 g/mol. The van der Waals surface area contributed by atoms with Gasteiger partial charge in [0.15, 0.2) is 0 Å². The standard InChI is InChI=1S/C13H15N3O4S/c1-8-12(9(2)15-14-8)21(19,20)16-11(13(17)18)10-6-4-3-5-7-10/h3-7,11,16H,1-2H3,(H,14,15)(H,17,18)/t11-/m0/s1. The molecule has 21 heavy (non-hydrogen) atoms. The lowest BCUT2D eigenvalue weighted by atomic mass is 10.1. The Hall–Kier alpha value is -2.19. The molecule has 0 amide bonds. The molecular weight excluding hydrogens is 294 g/mol. The molecule has 0 radical (unpaired) electrons. The Morgan fingerprint density at radius 1 is 1.29 bits per heavy atom. The normalized spacial score (nSPS) is 13.0. The second-order valence-electron chi connectivity index (χ2n) is 4.57. The van der Waals surface area contributed by atoms with Crippen molar-refractivity contribution in [3.8, 4) is 0 Å². The summed E-state index contributed by atoms with van der Waals surface area (Å²) in [5.41, 5.74) is 1.00. The average Bonchev–Trinajstić information content (AvgIpc) is 2.77. The van der Waals surface area contributed by atoms with Gasteiger partial charge in [-0.15, -0.1) is 0 Å². The van der Waals surface area contributed by atoms with E-state index in [1.807, 2.05) is 0 Å². The Morgan fingerprint density at radius 3 is 2.38 bits per heavy atom. The zero-order valence-electron chi connectivity index (χ0n) is 11.5. The van der Waals surface area contributed by atoms with Crippen molar-refractivity contribution in [1.29, 1.82) is 0 Å². The maximum absolute atomic E-state index is 12.4. The topological polar surface area (TPSA) is 112 Å². The van der Waals surface area contributed by atoms with Crippen molar-refractivity contribution in [3.05, 3.63) is 47.3 Å². The molecule has 1 atom stereocenters. The fourth-order valence-corrected chi connectivity index (χ4v) is 3.61. The van der Waals surface area contributed by atoms with E-state index in [-0.39, 0.29) is 10.6 Å². The monoisotopic (exact) mass is 309 g/mol. The van der Waals surface area contributed by atoms with E-state index in [2.05, 4.69) is 14.9 Å². The molecule has 0 bridgehead atoms. The minimum atomic E-state index is -4.00. The van der Waals surface area contributed by atoms with Crippen LogP contribution in [-0.2, 0) is 14.8 Å². The van der Waals surface area contributed by atoms with Crippen molar-refractivity contribution >= 4 is 16.0 Å². The Bertz CT molecular complexity index is 733. The number of aromatic amines is 1. The van der Waals surface area contributed by atoms with E-state index in [0.717, 1.165) is 0 Å². The van der Waals surface area contributed by atoms with Crippen LogP contribution in [0.1, 0.15) is 23.0 Å². The lowest BCUT2D eigenvalue weighted by Gasteiger charge is -2.15. The van der Waals surface area contributed by atoms with Gasteiger partial charge in [0.2, 0.25) is 10.0 Å². The van der Waals surface area contributed by atoms with Crippen LogP contribution in [0.2, 0.25) is 0 Å². The van der Waals surface area contributed by atoms with Crippen LogP contribution in [0, 0.1) is 13.8 Å². The molecular formula is C13H15N3O4S. The Morgan fingerprint density at radius 2 is 1.90 bits per heavy atom. The van der Waals surface area contributed by atoms with Crippen LogP contribution in [0.3, 0.4) is 0 Å². The van der Waals surface area contributed by atoms with Gasteiger partial charge in [-0.1, -0.05) is 30.3 Å². The van der Waals surface area contributed by atoms with Crippen LogP contribution in [0.25, 0.3) is 0 Å². The number of carboxylic acids is 1. The minimum absolute atomic E-state index is 0.0234. The van der Waals surface area contributed by atoms with Gasteiger partial charge in [-0.25, -0.2) is 8.42 Å². The molecule has 1 aromatic carbocycles. The van der Waals surface area contributed by atoms with Crippen molar-refractivity contribution in [1.82, 2.24) is 14.9 Å². The number of aryl methyl sites for hydroxylation is 2. The molecule has 2 aromatic rings. The zero-order chi connectivity index (χ0) is 15.6. The molecule has 7 nitrogen and oxygen atoms in total. The van der Waals surface area contributed by atoms with E-state index in [1.54, 1.807) is 37.3 Å². The number of sulfonamides is 1. The first kappa shape index (κ1) is 15.2. The first-order valence-electron chi connectivity index (χ1n) is 6.14. The molecule has 8 heteroatoms. The van der Waals surface area contributed by atoms with Gasteiger partial charge < -0.3 is 5.11 Å². The van der Waals surface area contributed by atoms with E-state index < -0.39 is 22.0 Å². The third kappa shape index (κ3) is 3.11.